The number of rotatable bonds is 4. The maximum atomic E-state index is 12.5. The summed E-state index contributed by atoms with van der Waals surface area (Å²) in [6, 6.07) is 10.9. The summed E-state index contributed by atoms with van der Waals surface area (Å²) < 4.78 is 0.957. The Morgan fingerprint density at radius 2 is 2.00 bits per heavy atom. The summed E-state index contributed by atoms with van der Waals surface area (Å²) >= 11 is 9.46. The quantitative estimate of drug-likeness (QED) is 0.790. The van der Waals surface area contributed by atoms with Gasteiger partial charge in [-0.1, -0.05) is 33.6 Å². The molecule has 1 amide bonds. The van der Waals surface area contributed by atoms with Crippen molar-refractivity contribution in [2.75, 3.05) is 17.2 Å². The number of hydrogen-bond acceptors (Lipinski definition) is 2. The highest BCUT2D eigenvalue weighted by Gasteiger charge is 2.13. The van der Waals surface area contributed by atoms with Crippen LogP contribution in [0.25, 0.3) is 0 Å². The topological polar surface area (TPSA) is 41.1 Å². The van der Waals surface area contributed by atoms with Crippen molar-refractivity contribution in [1.82, 2.24) is 0 Å². The van der Waals surface area contributed by atoms with E-state index in [-0.39, 0.29) is 5.91 Å². The van der Waals surface area contributed by atoms with Crippen molar-refractivity contribution in [1.29, 1.82) is 0 Å². The van der Waals surface area contributed by atoms with Gasteiger partial charge in [-0.3, -0.25) is 4.79 Å². The van der Waals surface area contributed by atoms with Crippen LogP contribution < -0.4 is 10.6 Å². The van der Waals surface area contributed by atoms with Crippen LogP contribution in [0.1, 0.15) is 22.8 Å². The molecule has 0 aliphatic heterocycles. The fourth-order valence-electron chi connectivity index (χ4n) is 1.98. The maximum Gasteiger partial charge on any atom is 0.257 e. The van der Waals surface area contributed by atoms with Gasteiger partial charge >= 0.3 is 0 Å². The Labute approximate surface area is 137 Å². The van der Waals surface area contributed by atoms with Crippen LogP contribution in [0.2, 0.25) is 5.02 Å². The minimum absolute atomic E-state index is 0.186. The third kappa shape index (κ3) is 3.77. The first-order valence-corrected chi connectivity index (χ1v) is 7.80. The summed E-state index contributed by atoms with van der Waals surface area (Å²) in [6.45, 7) is 4.66. The number of carbonyl (C=O) groups is 1. The number of nitrogens with one attached hydrogen (secondary N) is 2. The average molecular weight is 368 g/mol. The van der Waals surface area contributed by atoms with Crippen molar-refractivity contribution in [3.63, 3.8) is 0 Å². The lowest BCUT2D eigenvalue weighted by Gasteiger charge is -2.13. The number of halogens is 2. The lowest BCUT2D eigenvalue weighted by atomic mass is 10.1. The molecule has 3 nitrogen and oxygen atoms in total. The Balaban J connectivity index is 2.32. The fraction of sp³-hybridized carbons (Fsp3) is 0.188. The zero-order chi connectivity index (χ0) is 15.4. The SMILES string of the molecule is CCNc1ccc(Cl)cc1C(=O)Nc1cccc(Br)c1C. The van der Waals surface area contributed by atoms with E-state index in [0.29, 0.717) is 10.6 Å². The summed E-state index contributed by atoms with van der Waals surface area (Å²) in [5.74, 6) is -0.186. The summed E-state index contributed by atoms with van der Waals surface area (Å²) in [5, 5.41) is 6.63. The number of hydrogen-bond donors (Lipinski definition) is 2. The molecular weight excluding hydrogens is 352 g/mol. The third-order valence-electron chi connectivity index (χ3n) is 3.11. The highest BCUT2D eigenvalue weighted by Crippen LogP contribution is 2.26. The summed E-state index contributed by atoms with van der Waals surface area (Å²) in [7, 11) is 0. The van der Waals surface area contributed by atoms with Gasteiger partial charge in [0.2, 0.25) is 0 Å². The Hall–Kier alpha value is -1.52. The molecule has 0 saturated carbocycles. The number of amides is 1. The molecule has 0 aromatic heterocycles. The van der Waals surface area contributed by atoms with Crippen LogP contribution in [0.15, 0.2) is 40.9 Å². The largest absolute Gasteiger partial charge is 0.385 e. The Bertz CT molecular complexity index is 673. The minimum Gasteiger partial charge on any atom is -0.385 e. The molecule has 0 radical (unpaired) electrons. The van der Waals surface area contributed by atoms with Gasteiger partial charge in [-0.05, 0) is 49.7 Å². The molecule has 0 unspecified atom stereocenters. The maximum absolute atomic E-state index is 12.5. The molecule has 2 aromatic rings. The Morgan fingerprint density at radius 1 is 1.24 bits per heavy atom. The van der Waals surface area contributed by atoms with Crippen molar-refractivity contribution < 1.29 is 4.79 Å². The van der Waals surface area contributed by atoms with Gasteiger partial charge in [-0.15, -0.1) is 0 Å². The lowest BCUT2D eigenvalue weighted by molar-refractivity contribution is 0.102. The molecule has 21 heavy (non-hydrogen) atoms. The zero-order valence-corrected chi connectivity index (χ0v) is 14.2. The first-order chi connectivity index (χ1) is 10.0. The molecule has 0 spiro atoms. The van der Waals surface area contributed by atoms with Crippen molar-refractivity contribution in [2.24, 2.45) is 0 Å². The molecule has 110 valence electrons. The first kappa shape index (κ1) is 15.9. The minimum atomic E-state index is -0.186. The van der Waals surface area contributed by atoms with Crippen LogP contribution in [0.4, 0.5) is 11.4 Å². The van der Waals surface area contributed by atoms with Crippen molar-refractivity contribution in [3.05, 3.63) is 57.0 Å². The van der Waals surface area contributed by atoms with Crippen LogP contribution >= 0.6 is 27.5 Å². The number of carbonyl (C=O) groups excluding carboxylic acids is 1. The smallest absolute Gasteiger partial charge is 0.257 e. The first-order valence-electron chi connectivity index (χ1n) is 6.62. The molecule has 2 rings (SSSR count). The van der Waals surface area contributed by atoms with E-state index >= 15 is 0 Å². The van der Waals surface area contributed by atoms with Crippen LogP contribution in [-0.4, -0.2) is 12.5 Å². The molecule has 0 aliphatic carbocycles. The fourth-order valence-corrected chi connectivity index (χ4v) is 2.52. The zero-order valence-electron chi connectivity index (χ0n) is 11.8. The second kappa shape index (κ2) is 6.96. The van der Waals surface area contributed by atoms with Crippen LogP contribution in [-0.2, 0) is 0 Å². The van der Waals surface area contributed by atoms with E-state index in [4.69, 9.17) is 11.6 Å². The van der Waals surface area contributed by atoms with Crippen molar-refractivity contribution in [2.45, 2.75) is 13.8 Å². The molecule has 0 atom stereocenters. The molecule has 5 heteroatoms. The second-order valence-corrected chi connectivity index (χ2v) is 5.88. The normalized spacial score (nSPS) is 10.3. The van der Waals surface area contributed by atoms with E-state index in [1.165, 1.54) is 0 Å². The highest BCUT2D eigenvalue weighted by atomic mass is 79.9. The third-order valence-corrected chi connectivity index (χ3v) is 4.20. The van der Waals surface area contributed by atoms with Crippen molar-refractivity contribution in [3.8, 4) is 0 Å². The second-order valence-electron chi connectivity index (χ2n) is 4.59. The average Bonchev–Trinajstić information content (AvgIpc) is 2.46. The molecule has 0 bridgehead atoms. The van der Waals surface area contributed by atoms with Crippen LogP contribution in [0.5, 0.6) is 0 Å². The molecule has 2 aromatic carbocycles. The molecular formula is C16H16BrClN2O. The van der Waals surface area contributed by atoms with Gasteiger partial charge in [-0.2, -0.15) is 0 Å². The number of benzene rings is 2. The van der Waals surface area contributed by atoms with Gasteiger partial charge in [-0.25, -0.2) is 0 Å². The number of anilines is 2. The molecule has 0 saturated heterocycles. The monoisotopic (exact) mass is 366 g/mol. The standard InChI is InChI=1S/C16H16BrClN2O/c1-3-19-15-8-7-11(18)9-12(15)16(21)20-14-6-4-5-13(17)10(14)2/h4-9,19H,3H2,1-2H3,(H,20,21). The van der Waals surface area contributed by atoms with Gasteiger partial charge in [0.1, 0.15) is 0 Å². The van der Waals surface area contributed by atoms with Crippen LogP contribution in [0.3, 0.4) is 0 Å². The highest BCUT2D eigenvalue weighted by molar-refractivity contribution is 9.10. The molecule has 2 N–H and O–H groups in total. The Morgan fingerprint density at radius 3 is 2.71 bits per heavy atom. The van der Waals surface area contributed by atoms with E-state index in [1.54, 1.807) is 12.1 Å². The van der Waals surface area contributed by atoms with E-state index in [0.717, 1.165) is 28.0 Å². The van der Waals surface area contributed by atoms with Gasteiger partial charge < -0.3 is 10.6 Å². The van der Waals surface area contributed by atoms with Crippen molar-refractivity contribution >= 4 is 44.8 Å². The van der Waals surface area contributed by atoms with Crippen LogP contribution in [0, 0.1) is 6.92 Å². The predicted molar refractivity (Wildman–Crippen MR) is 92.4 cm³/mol. The Kier molecular flexibility index (Phi) is 5.26. The van der Waals surface area contributed by atoms with E-state index in [2.05, 4.69) is 26.6 Å². The molecule has 0 heterocycles. The van der Waals surface area contributed by atoms with Gasteiger partial charge in [0.15, 0.2) is 0 Å². The summed E-state index contributed by atoms with van der Waals surface area (Å²) in [5.41, 5.74) is 3.06. The van der Waals surface area contributed by atoms with Gasteiger partial charge in [0.25, 0.3) is 5.91 Å². The lowest BCUT2D eigenvalue weighted by Crippen LogP contribution is -2.15. The van der Waals surface area contributed by atoms with E-state index in [9.17, 15) is 4.79 Å². The molecule has 0 aliphatic rings. The van der Waals surface area contributed by atoms with E-state index in [1.807, 2.05) is 38.1 Å². The summed E-state index contributed by atoms with van der Waals surface area (Å²) in [4.78, 5) is 12.5. The molecule has 0 fully saturated rings. The summed E-state index contributed by atoms with van der Waals surface area (Å²) in [6.07, 6.45) is 0. The van der Waals surface area contributed by atoms with Gasteiger partial charge in [0.05, 0.1) is 5.56 Å². The van der Waals surface area contributed by atoms with Gasteiger partial charge in [0, 0.05) is 27.4 Å². The predicted octanol–water partition coefficient (Wildman–Crippen LogP) is 5.10. The van der Waals surface area contributed by atoms with E-state index < -0.39 is 0 Å².